The quantitative estimate of drug-likeness (QED) is 0.267. The van der Waals surface area contributed by atoms with Gasteiger partial charge in [-0.05, 0) is 6.07 Å². The molecule has 3 rings (SSSR count). The van der Waals surface area contributed by atoms with Crippen molar-refractivity contribution in [1.82, 2.24) is 4.57 Å². The number of para-hydroxylation sites is 1. The zero-order valence-corrected chi connectivity index (χ0v) is 12.9. The Kier molecular flexibility index (Phi) is 3.80. The van der Waals surface area contributed by atoms with Crippen molar-refractivity contribution >= 4 is 18.8 Å². The Hall–Kier alpha value is -2.35. The number of halogens is 6. The number of hydrogen-bond acceptors (Lipinski definition) is 2. The molecule has 0 N–H and O–H groups in total. The van der Waals surface area contributed by atoms with E-state index in [1.54, 1.807) is 10.6 Å². The van der Waals surface area contributed by atoms with Gasteiger partial charge in [0.25, 0.3) is 0 Å². The molecular weight excluding hydrogens is 361 g/mol. The summed E-state index contributed by atoms with van der Waals surface area (Å²) in [5.74, 6) is 0. The second-order valence-corrected chi connectivity index (χ2v) is 6.82. The van der Waals surface area contributed by atoms with Crippen LogP contribution in [-0.4, -0.2) is 4.57 Å². The molecular formula is C13H11F6N2O2P. The standard InChI is InChI=1S/C13H11N2O2.F6P/c1-14-6-7-15(9-14)11-8-10-4-2-3-5-12(10)17-13(11)16;1-7(2,3,4,5)6/h2-9H,1H3;/q+1;-1. The fourth-order valence-electron chi connectivity index (χ4n) is 1.82. The Bertz CT molecular complexity index is 935. The van der Waals surface area contributed by atoms with E-state index >= 15 is 0 Å². The Balaban J connectivity index is 0.000000256. The number of nitrogens with zero attached hydrogens (tertiary/aromatic N) is 2. The summed E-state index contributed by atoms with van der Waals surface area (Å²) in [4.78, 5) is 11.8. The molecule has 0 fully saturated rings. The first-order chi connectivity index (χ1) is 10.7. The van der Waals surface area contributed by atoms with Gasteiger partial charge in [0, 0.05) is 11.5 Å². The van der Waals surface area contributed by atoms with E-state index in [9.17, 15) is 30.0 Å². The molecule has 0 spiro atoms. The molecule has 0 radical (unpaired) electrons. The van der Waals surface area contributed by atoms with Crippen molar-refractivity contribution in [3.8, 4) is 5.69 Å². The van der Waals surface area contributed by atoms with E-state index in [0.29, 0.717) is 11.3 Å². The van der Waals surface area contributed by atoms with Gasteiger partial charge >= 0.3 is 38.6 Å². The van der Waals surface area contributed by atoms with Crippen LogP contribution < -0.4 is 10.2 Å². The number of aryl methyl sites for hydroxylation is 1. The van der Waals surface area contributed by atoms with Gasteiger partial charge < -0.3 is 4.42 Å². The van der Waals surface area contributed by atoms with E-state index in [0.717, 1.165) is 5.39 Å². The molecule has 0 aliphatic heterocycles. The van der Waals surface area contributed by atoms with Gasteiger partial charge in [0.15, 0.2) is 0 Å². The van der Waals surface area contributed by atoms with E-state index < -0.39 is 7.81 Å². The maximum absolute atomic E-state index is 11.8. The maximum atomic E-state index is 11.8. The number of fused-ring (bicyclic) bond motifs is 1. The van der Waals surface area contributed by atoms with E-state index in [1.807, 2.05) is 54.6 Å². The molecule has 24 heavy (non-hydrogen) atoms. The first-order valence-corrected chi connectivity index (χ1v) is 8.35. The Morgan fingerprint density at radius 2 is 1.67 bits per heavy atom. The molecule has 0 amide bonds. The number of aromatic nitrogens is 2. The molecule has 2 aromatic heterocycles. The van der Waals surface area contributed by atoms with Gasteiger partial charge in [0.05, 0.1) is 7.05 Å². The predicted octanol–water partition coefficient (Wildman–Crippen LogP) is 4.79. The van der Waals surface area contributed by atoms with Gasteiger partial charge in [0.1, 0.15) is 18.0 Å². The SMILES string of the molecule is C[n+]1ccn(-c2cc3ccccc3oc2=O)c1.F[P-](F)(F)(F)(F)F. The molecule has 0 saturated heterocycles. The fraction of sp³-hybridized carbons (Fsp3) is 0.0769. The molecule has 11 heteroatoms. The Labute approximate surface area is 130 Å². The summed E-state index contributed by atoms with van der Waals surface area (Å²) in [6.07, 6.45) is 5.51. The van der Waals surface area contributed by atoms with Crippen LogP contribution in [0.1, 0.15) is 0 Å². The summed E-state index contributed by atoms with van der Waals surface area (Å²) in [5, 5.41) is 0.915. The summed E-state index contributed by atoms with van der Waals surface area (Å²) < 4.78 is 68.1. The zero-order chi connectivity index (χ0) is 18.2. The summed E-state index contributed by atoms with van der Waals surface area (Å²) in [7, 11) is -8.76. The van der Waals surface area contributed by atoms with Crippen LogP contribution in [0, 0.1) is 0 Å². The number of imidazole rings is 1. The van der Waals surface area contributed by atoms with Crippen molar-refractivity contribution in [3.05, 3.63) is 59.5 Å². The number of benzene rings is 1. The molecule has 3 aromatic rings. The van der Waals surface area contributed by atoms with Crippen molar-refractivity contribution in [2.45, 2.75) is 0 Å². The van der Waals surface area contributed by atoms with Crippen LogP contribution in [0.4, 0.5) is 25.2 Å². The van der Waals surface area contributed by atoms with Gasteiger partial charge in [-0.15, -0.1) is 0 Å². The zero-order valence-electron chi connectivity index (χ0n) is 12.0. The van der Waals surface area contributed by atoms with Crippen molar-refractivity contribution in [2.24, 2.45) is 7.05 Å². The third-order valence-electron chi connectivity index (χ3n) is 2.67. The third kappa shape index (κ3) is 6.04. The van der Waals surface area contributed by atoms with E-state index in [4.69, 9.17) is 4.42 Å². The average molecular weight is 372 g/mol. The molecule has 0 bridgehead atoms. The van der Waals surface area contributed by atoms with Gasteiger partial charge in [-0.3, -0.25) is 0 Å². The van der Waals surface area contributed by atoms with Crippen molar-refractivity contribution < 1.29 is 34.2 Å². The molecule has 0 atom stereocenters. The van der Waals surface area contributed by atoms with Gasteiger partial charge in [0.2, 0.25) is 12.0 Å². The summed E-state index contributed by atoms with van der Waals surface area (Å²) in [6.45, 7) is 0. The molecule has 1 aromatic carbocycles. The molecule has 2 heterocycles. The molecule has 0 aliphatic rings. The Morgan fingerprint density at radius 3 is 2.21 bits per heavy atom. The van der Waals surface area contributed by atoms with E-state index in [2.05, 4.69) is 0 Å². The van der Waals surface area contributed by atoms with Crippen LogP contribution in [0.2, 0.25) is 0 Å². The number of rotatable bonds is 1. The minimum atomic E-state index is -10.7. The monoisotopic (exact) mass is 372 g/mol. The van der Waals surface area contributed by atoms with Crippen LogP contribution in [0.25, 0.3) is 16.7 Å². The minimum absolute atomic E-state index is 0.333. The van der Waals surface area contributed by atoms with Gasteiger partial charge in [-0.2, -0.15) is 4.57 Å². The van der Waals surface area contributed by atoms with Gasteiger partial charge in [-0.25, -0.2) is 9.36 Å². The van der Waals surface area contributed by atoms with E-state index in [1.165, 1.54) is 0 Å². The molecule has 0 saturated carbocycles. The van der Waals surface area contributed by atoms with Crippen LogP contribution in [0.3, 0.4) is 0 Å². The Morgan fingerprint density at radius 1 is 1.08 bits per heavy atom. The average Bonchev–Trinajstić information content (AvgIpc) is 2.81. The molecule has 0 aliphatic carbocycles. The normalized spacial score (nSPS) is 14.5. The van der Waals surface area contributed by atoms with Crippen LogP contribution in [-0.2, 0) is 7.05 Å². The van der Waals surface area contributed by atoms with Crippen LogP contribution >= 0.6 is 7.81 Å². The second kappa shape index (κ2) is 5.07. The summed E-state index contributed by atoms with van der Waals surface area (Å²) >= 11 is 0. The third-order valence-corrected chi connectivity index (χ3v) is 2.67. The van der Waals surface area contributed by atoms with Crippen molar-refractivity contribution in [3.63, 3.8) is 0 Å². The predicted molar refractivity (Wildman–Crippen MR) is 76.6 cm³/mol. The van der Waals surface area contributed by atoms with Crippen molar-refractivity contribution in [1.29, 1.82) is 0 Å². The fourth-order valence-corrected chi connectivity index (χ4v) is 1.82. The molecule has 4 nitrogen and oxygen atoms in total. The molecule has 132 valence electrons. The van der Waals surface area contributed by atoms with E-state index in [-0.39, 0.29) is 5.63 Å². The summed E-state index contributed by atoms with van der Waals surface area (Å²) in [5.41, 5.74) is 0.794. The van der Waals surface area contributed by atoms with Gasteiger partial charge in [-0.1, -0.05) is 18.2 Å². The first-order valence-electron chi connectivity index (χ1n) is 6.32. The second-order valence-electron chi connectivity index (χ2n) is 4.90. The van der Waals surface area contributed by atoms with Crippen LogP contribution in [0.5, 0.6) is 0 Å². The topological polar surface area (TPSA) is 39.0 Å². The van der Waals surface area contributed by atoms with Crippen molar-refractivity contribution in [2.75, 3.05) is 0 Å². The van der Waals surface area contributed by atoms with Crippen LogP contribution in [0.15, 0.2) is 58.3 Å². The number of hydrogen-bond donors (Lipinski definition) is 0. The first kappa shape index (κ1) is 18.0. The molecule has 0 unspecified atom stereocenters. The summed E-state index contributed by atoms with van der Waals surface area (Å²) in [6, 6.07) is 9.31.